The van der Waals surface area contributed by atoms with Crippen LogP contribution in [0.4, 0.5) is 0 Å². The zero-order valence-corrected chi connectivity index (χ0v) is 28.8. The van der Waals surface area contributed by atoms with E-state index in [0.717, 1.165) is 64.2 Å². The van der Waals surface area contributed by atoms with E-state index in [2.05, 4.69) is 31.3 Å². The van der Waals surface area contributed by atoms with Crippen molar-refractivity contribution in [3.63, 3.8) is 0 Å². The number of aliphatic carboxylic acids is 1. The maximum atomic E-state index is 12.6. The molecule has 0 aromatic heterocycles. The summed E-state index contributed by atoms with van der Waals surface area (Å²) in [6, 6.07) is -0.852. The van der Waals surface area contributed by atoms with Gasteiger partial charge < -0.3 is 20.9 Å². The lowest BCUT2D eigenvalue weighted by atomic mass is 10.0. The summed E-state index contributed by atoms with van der Waals surface area (Å²) in [5.41, 5.74) is 5.46. The number of nitrogens with one attached hydrogen (secondary N) is 1. The zero-order valence-electron chi connectivity index (χ0n) is 28.8. The first-order valence-electron chi connectivity index (χ1n) is 18.5. The normalized spacial score (nSPS) is 12.8. The lowest BCUT2D eigenvalue weighted by Crippen LogP contribution is -2.40. The highest BCUT2D eigenvalue weighted by Gasteiger charge is 2.19. The number of allylic oxidation sites excluding steroid dienone is 2. The molecule has 0 aliphatic rings. The summed E-state index contributed by atoms with van der Waals surface area (Å²) in [5.74, 6) is -1.24. The molecule has 0 aliphatic heterocycles. The monoisotopic (exact) mass is 623 g/mol. The van der Waals surface area contributed by atoms with Crippen LogP contribution in [0.25, 0.3) is 0 Å². The number of carboxylic acid groups (broad SMARTS) is 1. The fourth-order valence-electron chi connectivity index (χ4n) is 5.49. The van der Waals surface area contributed by atoms with Crippen LogP contribution in [0, 0.1) is 0 Å². The van der Waals surface area contributed by atoms with Crippen molar-refractivity contribution in [3.05, 3.63) is 12.2 Å². The van der Waals surface area contributed by atoms with Crippen LogP contribution in [0.15, 0.2) is 12.2 Å². The zero-order chi connectivity index (χ0) is 32.5. The van der Waals surface area contributed by atoms with Crippen LogP contribution in [0.1, 0.15) is 187 Å². The molecular weight excluding hydrogens is 552 g/mol. The van der Waals surface area contributed by atoms with Crippen LogP contribution in [0.5, 0.6) is 0 Å². The van der Waals surface area contributed by atoms with Crippen LogP contribution in [0.3, 0.4) is 0 Å². The average Bonchev–Trinajstić information content (AvgIpc) is 3.00. The molecule has 0 heterocycles. The Hall–Kier alpha value is -1.89. The summed E-state index contributed by atoms with van der Waals surface area (Å²) >= 11 is 0. The topological polar surface area (TPSA) is 119 Å². The molecule has 7 heteroatoms. The summed E-state index contributed by atoms with van der Waals surface area (Å²) in [6.07, 6.45) is 32.5. The van der Waals surface area contributed by atoms with Crippen LogP contribution in [-0.2, 0) is 19.1 Å². The number of nitrogens with two attached hydrogens (primary N) is 1. The van der Waals surface area contributed by atoms with Crippen LogP contribution in [-0.4, -0.2) is 41.6 Å². The molecule has 44 heavy (non-hydrogen) atoms. The van der Waals surface area contributed by atoms with Crippen molar-refractivity contribution >= 4 is 17.8 Å². The first kappa shape index (κ1) is 42.1. The molecule has 0 spiro atoms. The Bertz CT molecular complexity index is 712. The number of carbonyl (C=O) groups is 3. The van der Waals surface area contributed by atoms with Gasteiger partial charge in [-0.25, -0.2) is 4.79 Å². The molecule has 0 rings (SSSR count). The number of rotatable bonds is 33. The molecule has 0 saturated heterocycles. The number of hydrogen-bond acceptors (Lipinski definition) is 5. The highest BCUT2D eigenvalue weighted by molar-refractivity contribution is 5.83. The van der Waals surface area contributed by atoms with Gasteiger partial charge in [0.15, 0.2) is 0 Å². The third-order valence-electron chi connectivity index (χ3n) is 8.33. The van der Waals surface area contributed by atoms with Gasteiger partial charge in [0.25, 0.3) is 0 Å². The van der Waals surface area contributed by atoms with Gasteiger partial charge in [-0.05, 0) is 77.2 Å². The second-order valence-corrected chi connectivity index (χ2v) is 12.6. The molecule has 0 aromatic rings. The van der Waals surface area contributed by atoms with Gasteiger partial charge in [0, 0.05) is 12.8 Å². The Labute approximate surface area is 270 Å². The quantitative estimate of drug-likeness (QED) is 0.0381. The SMILES string of the molecule is CCCC/C=C\CCCCCCCC(=O)OC(CCCCCCCCC)CCCCCCCC(=O)NC(CCCN)C(=O)O. The molecule has 2 atom stereocenters. The first-order chi connectivity index (χ1) is 21.4. The Morgan fingerprint density at radius 2 is 1.14 bits per heavy atom. The number of ether oxygens (including phenoxy) is 1. The summed E-state index contributed by atoms with van der Waals surface area (Å²) in [4.78, 5) is 36.1. The third kappa shape index (κ3) is 28.9. The van der Waals surface area contributed by atoms with E-state index in [4.69, 9.17) is 10.5 Å². The van der Waals surface area contributed by atoms with Crippen molar-refractivity contribution in [2.75, 3.05) is 6.54 Å². The minimum absolute atomic E-state index is 0.0184. The lowest BCUT2D eigenvalue weighted by Gasteiger charge is -2.18. The fraction of sp³-hybridized carbons (Fsp3) is 0.865. The maximum Gasteiger partial charge on any atom is 0.326 e. The molecule has 0 saturated carbocycles. The van der Waals surface area contributed by atoms with Crippen molar-refractivity contribution < 1.29 is 24.2 Å². The summed E-state index contributed by atoms with van der Waals surface area (Å²) < 4.78 is 5.97. The number of amides is 1. The lowest BCUT2D eigenvalue weighted by molar-refractivity contribution is -0.150. The highest BCUT2D eigenvalue weighted by atomic mass is 16.5. The maximum absolute atomic E-state index is 12.6. The molecule has 0 bridgehead atoms. The number of carboxylic acids is 1. The molecule has 258 valence electrons. The Morgan fingerprint density at radius 3 is 1.70 bits per heavy atom. The first-order valence-corrected chi connectivity index (χ1v) is 18.5. The molecule has 0 fully saturated rings. The van der Waals surface area contributed by atoms with Gasteiger partial charge in [-0.1, -0.05) is 116 Å². The number of hydrogen-bond donors (Lipinski definition) is 3. The second-order valence-electron chi connectivity index (χ2n) is 12.6. The predicted molar refractivity (Wildman–Crippen MR) is 184 cm³/mol. The standard InChI is InChI=1S/C37H70N2O5/c1-3-5-7-9-11-12-13-14-16-21-25-31-36(41)44-33(27-22-18-15-10-8-6-4-2)28-23-19-17-20-24-30-35(40)39-34(37(42)43)29-26-32-38/h9,11,33-34H,3-8,10,12-32,38H2,1-2H3,(H,39,40)(H,42,43)/b11-9-. The smallest absolute Gasteiger partial charge is 0.326 e. The third-order valence-corrected chi connectivity index (χ3v) is 8.33. The number of esters is 1. The Morgan fingerprint density at radius 1 is 0.636 bits per heavy atom. The van der Waals surface area contributed by atoms with E-state index in [9.17, 15) is 19.5 Å². The van der Waals surface area contributed by atoms with E-state index in [1.807, 2.05) is 0 Å². The number of carbonyl (C=O) groups excluding carboxylic acids is 2. The van der Waals surface area contributed by atoms with E-state index in [0.29, 0.717) is 32.2 Å². The minimum atomic E-state index is -1.00. The molecule has 0 aromatic carbocycles. The summed E-state index contributed by atoms with van der Waals surface area (Å²) in [5, 5.41) is 11.9. The summed E-state index contributed by atoms with van der Waals surface area (Å²) in [6.45, 7) is 4.88. The van der Waals surface area contributed by atoms with E-state index < -0.39 is 12.0 Å². The molecule has 1 amide bonds. The molecule has 4 N–H and O–H groups in total. The van der Waals surface area contributed by atoms with E-state index in [1.54, 1.807) is 0 Å². The van der Waals surface area contributed by atoms with Gasteiger partial charge in [0.1, 0.15) is 12.1 Å². The molecule has 7 nitrogen and oxygen atoms in total. The van der Waals surface area contributed by atoms with Gasteiger partial charge in [-0.2, -0.15) is 0 Å². The van der Waals surface area contributed by atoms with Gasteiger partial charge in [0.05, 0.1) is 0 Å². The van der Waals surface area contributed by atoms with Crippen molar-refractivity contribution in [3.8, 4) is 0 Å². The van der Waals surface area contributed by atoms with Crippen molar-refractivity contribution in [2.24, 2.45) is 5.73 Å². The average molecular weight is 623 g/mol. The molecule has 0 aliphatic carbocycles. The van der Waals surface area contributed by atoms with Gasteiger partial charge in [-0.15, -0.1) is 0 Å². The van der Waals surface area contributed by atoms with Crippen molar-refractivity contribution in [2.45, 2.75) is 199 Å². The molecule has 2 unspecified atom stereocenters. The van der Waals surface area contributed by atoms with E-state index >= 15 is 0 Å². The Balaban J connectivity index is 4.24. The Kier molecular flexibility index (Phi) is 31.1. The van der Waals surface area contributed by atoms with Crippen LogP contribution in [0.2, 0.25) is 0 Å². The highest BCUT2D eigenvalue weighted by Crippen LogP contribution is 2.18. The summed E-state index contributed by atoms with van der Waals surface area (Å²) in [7, 11) is 0. The van der Waals surface area contributed by atoms with Crippen LogP contribution >= 0.6 is 0 Å². The van der Waals surface area contributed by atoms with Gasteiger partial charge in [-0.3, -0.25) is 9.59 Å². The largest absolute Gasteiger partial charge is 0.480 e. The molecular formula is C37H70N2O5. The number of unbranched alkanes of at least 4 members (excludes halogenated alkanes) is 17. The van der Waals surface area contributed by atoms with Crippen LogP contribution < -0.4 is 11.1 Å². The van der Waals surface area contributed by atoms with Gasteiger partial charge in [0.2, 0.25) is 5.91 Å². The minimum Gasteiger partial charge on any atom is -0.480 e. The van der Waals surface area contributed by atoms with Gasteiger partial charge >= 0.3 is 11.9 Å². The van der Waals surface area contributed by atoms with E-state index in [-0.39, 0.29) is 18.0 Å². The van der Waals surface area contributed by atoms with E-state index in [1.165, 1.54) is 83.5 Å². The fourth-order valence-corrected chi connectivity index (χ4v) is 5.49. The van der Waals surface area contributed by atoms with Crippen molar-refractivity contribution in [1.82, 2.24) is 5.32 Å². The predicted octanol–water partition coefficient (Wildman–Crippen LogP) is 9.56. The van der Waals surface area contributed by atoms with Crippen molar-refractivity contribution in [1.29, 1.82) is 0 Å². The second kappa shape index (κ2) is 32.5. The molecule has 0 radical (unpaired) electrons.